The predicted octanol–water partition coefficient (Wildman–Crippen LogP) is 4.26. The third kappa shape index (κ3) is 4.93. The Morgan fingerprint density at radius 1 is 1.44 bits per heavy atom. The zero-order valence-corrected chi connectivity index (χ0v) is 16.5. The van der Waals surface area contributed by atoms with Crippen molar-refractivity contribution in [3.05, 3.63) is 47.4 Å². The smallest absolute Gasteiger partial charge is 0.269 e. The van der Waals surface area contributed by atoms with E-state index in [-0.39, 0.29) is 17.8 Å². The maximum atomic E-state index is 13.4. The number of carbonyl (C=O) groups excluding carboxylic acids is 1. The summed E-state index contributed by atoms with van der Waals surface area (Å²) in [5.74, 6) is -0.484. The van der Waals surface area contributed by atoms with E-state index >= 15 is 0 Å². The minimum atomic E-state index is -0.687. The van der Waals surface area contributed by atoms with Crippen molar-refractivity contribution in [3.63, 3.8) is 0 Å². The highest BCUT2D eigenvalue weighted by molar-refractivity contribution is 7.15. The fourth-order valence-electron chi connectivity index (χ4n) is 2.94. The van der Waals surface area contributed by atoms with E-state index in [0.717, 1.165) is 12.8 Å². The van der Waals surface area contributed by atoms with Crippen molar-refractivity contribution >= 4 is 22.2 Å². The van der Waals surface area contributed by atoms with Crippen molar-refractivity contribution in [2.75, 3.05) is 0 Å². The van der Waals surface area contributed by atoms with Gasteiger partial charge >= 0.3 is 0 Å². The van der Waals surface area contributed by atoms with Crippen LogP contribution in [-0.2, 0) is 0 Å². The van der Waals surface area contributed by atoms with Crippen molar-refractivity contribution in [1.82, 2.24) is 14.7 Å². The van der Waals surface area contributed by atoms with Crippen molar-refractivity contribution in [3.8, 4) is 11.3 Å². The van der Waals surface area contributed by atoms with Gasteiger partial charge in [-0.1, -0.05) is 12.1 Å². The van der Waals surface area contributed by atoms with Crippen LogP contribution in [0.4, 0.5) is 4.39 Å². The van der Waals surface area contributed by atoms with E-state index in [1.54, 1.807) is 42.0 Å². The molecule has 5 nitrogen and oxygen atoms in total. The number of benzene rings is 1. The number of rotatable bonds is 7. The van der Waals surface area contributed by atoms with Gasteiger partial charge in [-0.25, -0.2) is 9.37 Å². The monoisotopic (exact) mass is 389 g/mol. The van der Waals surface area contributed by atoms with Crippen LogP contribution in [0.3, 0.4) is 0 Å². The van der Waals surface area contributed by atoms with E-state index in [9.17, 15) is 14.3 Å². The van der Waals surface area contributed by atoms with E-state index in [1.165, 1.54) is 23.5 Å². The molecule has 2 heterocycles. The van der Waals surface area contributed by atoms with Crippen LogP contribution in [0.25, 0.3) is 16.2 Å². The molecule has 0 spiro atoms. The predicted molar refractivity (Wildman–Crippen MR) is 106 cm³/mol. The van der Waals surface area contributed by atoms with E-state index in [2.05, 4.69) is 10.3 Å². The fourth-order valence-corrected chi connectivity index (χ4v) is 3.80. The summed E-state index contributed by atoms with van der Waals surface area (Å²) in [6.07, 6.45) is 4.07. The van der Waals surface area contributed by atoms with Gasteiger partial charge in [0.1, 0.15) is 11.5 Å². The van der Waals surface area contributed by atoms with Gasteiger partial charge in [0.05, 0.1) is 11.3 Å². The highest BCUT2D eigenvalue weighted by atomic mass is 32.1. The minimum absolute atomic E-state index is 0.000936. The van der Waals surface area contributed by atoms with Gasteiger partial charge in [-0.05, 0) is 52.2 Å². The molecule has 1 amide bonds. The molecular formula is C20H24FN3O2S. The number of aliphatic hydroxyl groups is 1. The molecule has 0 aliphatic rings. The Morgan fingerprint density at radius 2 is 2.22 bits per heavy atom. The Morgan fingerprint density at radius 3 is 2.93 bits per heavy atom. The molecule has 0 aliphatic heterocycles. The lowest BCUT2D eigenvalue weighted by Crippen LogP contribution is -2.33. The third-order valence-electron chi connectivity index (χ3n) is 4.37. The molecule has 3 aromatic rings. The summed E-state index contributed by atoms with van der Waals surface area (Å²) in [6.45, 7) is 5.53. The first kappa shape index (κ1) is 19.5. The van der Waals surface area contributed by atoms with Crippen molar-refractivity contribution in [1.29, 1.82) is 0 Å². The second-order valence-electron chi connectivity index (χ2n) is 7.49. The largest absolute Gasteiger partial charge is 0.390 e. The molecule has 0 bridgehead atoms. The second kappa shape index (κ2) is 7.78. The number of hydrogen-bond donors (Lipinski definition) is 2. The molecule has 3 rings (SSSR count). The number of nitrogens with one attached hydrogen (secondary N) is 1. The van der Waals surface area contributed by atoms with Gasteiger partial charge in [0, 0.05) is 23.2 Å². The quantitative estimate of drug-likeness (QED) is 0.634. The molecule has 0 fully saturated rings. The first-order valence-electron chi connectivity index (χ1n) is 8.99. The highest BCUT2D eigenvalue weighted by Gasteiger charge is 2.18. The van der Waals surface area contributed by atoms with E-state index in [0.29, 0.717) is 28.3 Å². The van der Waals surface area contributed by atoms with Crippen LogP contribution in [0, 0.1) is 5.82 Å². The molecule has 1 atom stereocenters. The number of nitrogens with zero attached hydrogens (tertiary/aromatic N) is 2. The number of imidazole rings is 1. The maximum absolute atomic E-state index is 13.4. The number of carbonyl (C=O) groups is 1. The summed E-state index contributed by atoms with van der Waals surface area (Å²) < 4.78 is 15.2. The lowest BCUT2D eigenvalue weighted by atomic mass is 10.00. The van der Waals surface area contributed by atoms with Crippen molar-refractivity contribution in [2.45, 2.75) is 51.7 Å². The molecule has 27 heavy (non-hydrogen) atoms. The van der Waals surface area contributed by atoms with Crippen LogP contribution in [0.5, 0.6) is 0 Å². The normalized spacial score (nSPS) is 13.1. The number of fused-ring (bicyclic) bond motifs is 1. The van der Waals surface area contributed by atoms with Crippen LogP contribution in [0.15, 0.2) is 35.8 Å². The summed E-state index contributed by atoms with van der Waals surface area (Å²) >= 11 is 1.37. The molecular weight excluding hydrogens is 365 g/mol. The molecule has 0 aliphatic carbocycles. The number of hydrogen-bond acceptors (Lipinski definition) is 4. The average Bonchev–Trinajstić information content (AvgIpc) is 3.13. The molecule has 144 valence electrons. The summed E-state index contributed by atoms with van der Waals surface area (Å²) in [7, 11) is 0. The Labute approximate surface area is 161 Å². The Balaban J connectivity index is 1.70. The zero-order chi connectivity index (χ0) is 19.6. The molecule has 0 saturated heterocycles. The molecule has 0 unspecified atom stereocenters. The standard InChI is InChI=1S/C20H24FN3O2S/c1-13(6-5-9-20(2,3)26)22-18(25)17-12-27-19-23-16(11-24(17)19)14-7-4-8-15(21)10-14/h4,7-8,10-13,26H,5-6,9H2,1-3H3,(H,22,25)/t13-/m1/s1. The Hall–Kier alpha value is -2.25. The second-order valence-corrected chi connectivity index (χ2v) is 8.33. The third-order valence-corrected chi connectivity index (χ3v) is 5.21. The molecule has 7 heteroatoms. The van der Waals surface area contributed by atoms with Gasteiger partial charge in [-0.2, -0.15) is 0 Å². The van der Waals surface area contributed by atoms with Gasteiger partial charge in [-0.3, -0.25) is 9.20 Å². The van der Waals surface area contributed by atoms with Crippen LogP contribution in [-0.4, -0.2) is 32.0 Å². The molecule has 0 radical (unpaired) electrons. The number of amides is 1. The minimum Gasteiger partial charge on any atom is -0.390 e. The summed E-state index contributed by atoms with van der Waals surface area (Å²) in [6, 6.07) is 6.25. The van der Waals surface area contributed by atoms with Crippen LogP contribution < -0.4 is 5.32 Å². The van der Waals surface area contributed by atoms with Crippen molar-refractivity contribution in [2.24, 2.45) is 0 Å². The Kier molecular flexibility index (Phi) is 5.62. The first-order chi connectivity index (χ1) is 12.7. The van der Waals surface area contributed by atoms with E-state index in [4.69, 9.17) is 0 Å². The molecule has 0 saturated carbocycles. The average molecular weight is 389 g/mol. The zero-order valence-electron chi connectivity index (χ0n) is 15.7. The molecule has 2 N–H and O–H groups in total. The van der Waals surface area contributed by atoms with Gasteiger partial charge in [0.15, 0.2) is 4.96 Å². The number of aromatic nitrogens is 2. The topological polar surface area (TPSA) is 66.6 Å². The lowest BCUT2D eigenvalue weighted by molar-refractivity contribution is 0.0674. The van der Waals surface area contributed by atoms with Gasteiger partial charge < -0.3 is 10.4 Å². The van der Waals surface area contributed by atoms with E-state index in [1.807, 2.05) is 6.92 Å². The van der Waals surface area contributed by atoms with Crippen LogP contribution in [0.2, 0.25) is 0 Å². The first-order valence-corrected chi connectivity index (χ1v) is 9.87. The number of halogens is 1. The van der Waals surface area contributed by atoms with Crippen LogP contribution >= 0.6 is 11.3 Å². The summed E-state index contributed by atoms with van der Waals surface area (Å²) in [5.41, 5.74) is 1.14. The fraction of sp³-hybridized carbons (Fsp3) is 0.400. The maximum Gasteiger partial charge on any atom is 0.269 e. The highest BCUT2D eigenvalue weighted by Crippen LogP contribution is 2.24. The van der Waals surface area contributed by atoms with Crippen LogP contribution in [0.1, 0.15) is 50.5 Å². The van der Waals surface area contributed by atoms with E-state index < -0.39 is 5.60 Å². The number of thiazole rings is 1. The SMILES string of the molecule is C[C@H](CCCC(C)(C)O)NC(=O)c1csc2nc(-c3cccc(F)c3)cn12. The summed E-state index contributed by atoms with van der Waals surface area (Å²) in [4.78, 5) is 17.8. The summed E-state index contributed by atoms with van der Waals surface area (Å²) in [5, 5.41) is 14.5. The van der Waals surface area contributed by atoms with Gasteiger partial charge in [-0.15, -0.1) is 11.3 Å². The van der Waals surface area contributed by atoms with Crippen molar-refractivity contribution < 1.29 is 14.3 Å². The molecule has 2 aromatic heterocycles. The molecule has 1 aromatic carbocycles. The van der Waals surface area contributed by atoms with Gasteiger partial charge in [0.2, 0.25) is 0 Å². The lowest BCUT2D eigenvalue weighted by Gasteiger charge is -2.19. The van der Waals surface area contributed by atoms with Gasteiger partial charge in [0.25, 0.3) is 5.91 Å². The Bertz CT molecular complexity index is 942.